The summed E-state index contributed by atoms with van der Waals surface area (Å²) in [5, 5.41) is 13.9. The molecule has 0 fully saturated rings. The Morgan fingerprint density at radius 2 is 1.82 bits per heavy atom. The summed E-state index contributed by atoms with van der Waals surface area (Å²) in [6.45, 7) is 0. The first-order chi connectivity index (χ1) is 8.25. The lowest BCUT2D eigenvalue weighted by molar-refractivity contribution is 0.475. The molecule has 0 amide bonds. The molecule has 0 unspecified atom stereocenters. The Hall–Kier alpha value is -1.29. The van der Waals surface area contributed by atoms with Crippen molar-refractivity contribution in [3.05, 3.63) is 40.1 Å². The number of rotatable bonds is 1. The molecule has 0 saturated carbocycles. The fourth-order valence-electron chi connectivity index (χ4n) is 2.36. The van der Waals surface area contributed by atoms with Gasteiger partial charge in [-0.15, -0.1) is 0 Å². The quantitative estimate of drug-likeness (QED) is 0.876. The van der Waals surface area contributed by atoms with Crippen LogP contribution >= 0.6 is 15.9 Å². The Morgan fingerprint density at radius 1 is 1.12 bits per heavy atom. The van der Waals surface area contributed by atoms with E-state index in [1.54, 1.807) is 12.1 Å². The third-order valence-electron chi connectivity index (χ3n) is 3.23. The number of phenolic OH excluding ortho intramolecular Hbond substituents is 1. The van der Waals surface area contributed by atoms with Crippen molar-refractivity contribution in [3.63, 3.8) is 0 Å². The van der Waals surface area contributed by atoms with Crippen molar-refractivity contribution in [1.82, 2.24) is 9.78 Å². The summed E-state index contributed by atoms with van der Waals surface area (Å²) in [6, 6.07) is 7.17. The van der Waals surface area contributed by atoms with Crippen LogP contribution in [-0.2, 0) is 12.8 Å². The molecule has 0 bridgehead atoms. The minimum Gasteiger partial charge on any atom is -0.508 e. The van der Waals surface area contributed by atoms with Gasteiger partial charge in [0, 0.05) is 11.3 Å². The van der Waals surface area contributed by atoms with Gasteiger partial charge in [-0.2, -0.15) is 5.10 Å². The smallest absolute Gasteiger partial charge is 0.132 e. The highest BCUT2D eigenvalue weighted by atomic mass is 79.9. The van der Waals surface area contributed by atoms with E-state index in [9.17, 15) is 5.11 Å². The van der Waals surface area contributed by atoms with Gasteiger partial charge >= 0.3 is 0 Å². The topological polar surface area (TPSA) is 38.0 Å². The van der Waals surface area contributed by atoms with Crippen LogP contribution in [0.2, 0.25) is 0 Å². The predicted molar refractivity (Wildman–Crippen MR) is 69.6 cm³/mol. The first-order valence-corrected chi connectivity index (χ1v) is 6.60. The van der Waals surface area contributed by atoms with Crippen molar-refractivity contribution in [2.24, 2.45) is 0 Å². The molecular weight excluding hydrogens is 280 g/mol. The van der Waals surface area contributed by atoms with Crippen LogP contribution in [0, 0.1) is 0 Å². The number of fused-ring (bicyclic) bond motifs is 1. The summed E-state index contributed by atoms with van der Waals surface area (Å²) in [4.78, 5) is 0. The van der Waals surface area contributed by atoms with Crippen molar-refractivity contribution < 1.29 is 5.11 Å². The van der Waals surface area contributed by atoms with Crippen LogP contribution in [0.25, 0.3) is 5.69 Å². The predicted octanol–water partition coefficient (Wildman–Crippen LogP) is 3.22. The maximum atomic E-state index is 9.31. The zero-order valence-corrected chi connectivity index (χ0v) is 10.9. The molecule has 17 heavy (non-hydrogen) atoms. The number of hydrogen-bond acceptors (Lipinski definition) is 2. The van der Waals surface area contributed by atoms with Gasteiger partial charge in [-0.25, -0.2) is 4.68 Å². The summed E-state index contributed by atoms with van der Waals surface area (Å²) in [7, 11) is 0. The first-order valence-electron chi connectivity index (χ1n) is 5.81. The fraction of sp³-hybridized carbons (Fsp3) is 0.308. The lowest BCUT2D eigenvalue weighted by Crippen LogP contribution is -2.07. The van der Waals surface area contributed by atoms with E-state index in [0.717, 1.165) is 23.1 Å². The molecule has 0 radical (unpaired) electrons. The number of aromatic hydroxyl groups is 1. The minimum absolute atomic E-state index is 0.286. The third kappa shape index (κ3) is 1.86. The molecule has 0 saturated heterocycles. The summed E-state index contributed by atoms with van der Waals surface area (Å²) < 4.78 is 2.94. The van der Waals surface area contributed by atoms with Crippen LogP contribution in [0.1, 0.15) is 24.1 Å². The van der Waals surface area contributed by atoms with Gasteiger partial charge < -0.3 is 5.11 Å². The molecule has 1 N–H and O–H groups in total. The van der Waals surface area contributed by atoms with E-state index in [0.29, 0.717) is 0 Å². The van der Waals surface area contributed by atoms with Crippen molar-refractivity contribution in [3.8, 4) is 11.4 Å². The molecule has 4 heteroatoms. The first kappa shape index (κ1) is 10.8. The van der Waals surface area contributed by atoms with Gasteiger partial charge in [0.25, 0.3) is 0 Å². The highest BCUT2D eigenvalue weighted by Crippen LogP contribution is 2.30. The standard InChI is InChI=1S/C13H13BrN2O/c14-13-11-3-1-2-4-12(11)16(15-13)9-5-7-10(17)8-6-9/h5-8,17H,1-4H2. The van der Waals surface area contributed by atoms with Crippen LogP contribution in [0.5, 0.6) is 5.75 Å². The van der Waals surface area contributed by atoms with Crippen molar-refractivity contribution in [1.29, 1.82) is 0 Å². The number of benzene rings is 1. The summed E-state index contributed by atoms with van der Waals surface area (Å²) in [6.07, 6.45) is 4.65. The highest BCUT2D eigenvalue weighted by Gasteiger charge is 2.19. The second-order valence-corrected chi connectivity index (χ2v) is 5.10. The van der Waals surface area contributed by atoms with Gasteiger partial charge in [0.1, 0.15) is 10.4 Å². The maximum absolute atomic E-state index is 9.31. The van der Waals surface area contributed by atoms with E-state index in [2.05, 4.69) is 21.0 Å². The number of aromatic nitrogens is 2. The van der Waals surface area contributed by atoms with Crippen LogP contribution in [0.3, 0.4) is 0 Å². The van der Waals surface area contributed by atoms with E-state index in [-0.39, 0.29) is 5.75 Å². The number of hydrogen-bond donors (Lipinski definition) is 1. The highest BCUT2D eigenvalue weighted by molar-refractivity contribution is 9.10. The molecule has 0 spiro atoms. The molecule has 88 valence electrons. The molecule has 0 atom stereocenters. The fourth-order valence-corrected chi connectivity index (χ4v) is 2.95. The Morgan fingerprint density at radius 3 is 2.59 bits per heavy atom. The van der Waals surface area contributed by atoms with Crippen molar-refractivity contribution in [2.75, 3.05) is 0 Å². The lowest BCUT2D eigenvalue weighted by atomic mass is 9.98. The average Bonchev–Trinajstić information content (AvgIpc) is 2.69. The second kappa shape index (κ2) is 4.18. The molecule has 1 aliphatic carbocycles. The number of phenols is 1. The van der Waals surface area contributed by atoms with Crippen LogP contribution < -0.4 is 0 Å². The molecule has 1 aliphatic rings. The normalized spacial score (nSPS) is 14.6. The van der Waals surface area contributed by atoms with Gasteiger partial charge in [-0.05, 0) is 65.9 Å². The second-order valence-electron chi connectivity index (χ2n) is 4.35. The van der Waals surface area contributed by atoms with E-state index in [4.69, 9.17) is 0 Å². The average molecular weight is 293 g/mol. The molecule has 1 aromatic carbocycles. The molecule has 3 rings (SSSR count). The minimum atomic E-state index is 0.286. The van der Waals surface area contributed by atoms with Crippen molar-refractivity contribution >= 4 is 15.9 Å². The zero-order valence-electron chi connectivity index (χ0n) is 9.36. The molecular formula is C13H13BrN2O. The Labute approximate surface area is 108 Å². The van der Waals surface area contributed by atoms with Crippen LogP contribution in [0.15, 0.2) is 28.9 Å². The Bertz CT molecular complexity index is 545. The summed E-state index contributed by atoms with van der Waals surface area (Å²) in [5.74, 6) is 0.286. The molecule has 1 aromatic heterocycles. The Kier molecular flexibility index (Phi) is 2.67. The van der Waals surface area contributed by atoms with Gasteiger partial charge in [-0.3, -0.25) is 0 Å². The van der Waals surface area contributed by atoms with Crippen LogP contribution in [0.4, 0.5) is 0 Å². The van der Waals surface area contributed by atoms with Gasteiger partial charge in [0.15, 0.2) is 0 Å². The molecule has 2 aromatic rings. The van der Waals surface area contributed by atoms with E-state index < -0.39 is 0 Å². The number of nitrogens with zero attached hydrogens (tertiary/aromatic N) is 2. The number of halogens is 1. The van der Waals surface area contributed by atoms with Crippen LogP contribution in [-0.4, -0.2) is 14.9 Å². The summed E-state index contributed by atoms with van der Waals surface area (Å²) in [5.41, 5.74) is 3.64. The zero-order chi connectivity index (χ0) is 11.8. The molecule has 3 nitrogen and oxygen atoms in total. The monoisotopic (exact) mass is 292 g/mol. The van der Waals surface area contributed by atoms with E-state index >= 15 is 0 Å². The largest absolute Gasteiger partial charge is 0.508 e. The van der Waals surface area contributed by atoms with E-state index in [1.165, 1.54) is 24.1 Å². The van der Waals surface area contributed by atoms with Crippen molar-refractivity contribution in [2.45, 2.75) is 25.7 Å². The van der Waals surface area contributed by atoms with Gasteiger partial charge in [0.05, 0.1) is 5.69 Å². The SMILES string of the molecule is Oc1ccc(-n2nc(Br)c3c2CCCC3)cc1. The summed E-state index contributed by atoms with van der Waals surface area (Å²) >= 11 is 3.53. The van der Waals surface area contributed by atoms with Gasteiger partial charge in [0.2, 0.25) is 0 Å². The maximum Gasteiger partial charge on any atom is 0.132 e. The Balaban J connectivity index is 2.11. The molecule has 0 aliphatic heterocycles. The van der Waals surface area contributed by atoms with E-state index in [1.807, 2.05) is 16.8 Å². The lowest BCUT2D eigenvalue weighted by Gasteiger charge is -2.13. The molecule has 1 heterocycles. The van der Waals surface area contributed by atoms with Gasteiger partial charge in [-0.1, -0.05) is 0 Å². The third-order valence-corrected chi connectivity index (χ3v) is 3.86.